The van der Waals surface area contributed by atoms with Crippen molar-refractivity contribution in [2.45, 2.75) is 19.8 Å². The number of hydrogen-bond acceptors (Lipinski definition) is 4. The van der Waals surface area contributed by atoms with Crippen LogP contribution in [0.15, 0.2) is 42.5 Å². The Hall–Kier alpha value is -2.53. The molecule has 0 aliphatic rings. The first-order valence-corrected chi connectivity index (χ1v) is 9.03. The maximum absolute atomic E-state index is 13.0. The van der Waals surface area contributed by atoms with Crippen LogP contribution in [-0.2, 0) is 6.42 Å². The number of anilines is 1. The average molecular weight is 355 g/mol. The highest BCUT2D eigenvalue weighted by Crippen LogP contribution is 2.34. The molecule has 1 amide bonds. The van der Waals surface area contributed by atoms with Gasteiger partial charge < -0.3 is 14.8 Å². The van der Waals surface area contributed by atoms with Crippen LogP contribution >= 0.6 is 11.3 Å². The van der Waals surface area contributed by atoms with Gasteiger partial charge in [0.2, 0.25) is 0 Å². The normalized spacial score (nSPS) is 10.7. The van der Waals surface area contributed by atoms with E-state index in [1.54, 1.807) is 32.4 Å². The molecule has 3 aromatic rings. The van der Waals surface area contributed by atoms with E-state index in [4.69, 9.17) is 9.47 Å². The smallest absolute Gasteiger partial charge is 0.266 e. The molecule has 0 atom stereocenters. The number of aryl methyl sites for hydroxylation is 1. The third-order valence-electron chi connectivity index (χ3n) is 4.06. The third kappa shape index (κ3) is 3.46. The van der Waals surface area contributed by atoms with Crippen molar-refractivity contribution in [1.29, 1.82) is 0 Å². The minimum absolute atomic E-state index is 0.115. The summed E-state index contributed by atoms with van der Waals surface area (Å²) in [5.74, 6) is 1.16. The number of carbonyl (C=O) groups excluding carboxylic acids is 1. The molecule has 0 bridgehead atoms. The van der Waals surface area contributed by atoms with E-state index in [1.807, 2.05) is 12.1 Å². The maximum atomic E-state index is 13.0. The van der Waals surface area contributed by atoms with E-state index in [9.17, 15) is 4.79 Å². The minimum atomic E-state index is -0.115. The van der Waals surface area contributed by atoms with Gasteiger partial charge in [0, 0.05) is 10.8 Å². The molecular formula is C20H21NO3S. The van der Waals surface area contributed by atoms with Crippen molar-refractivity contribution in [2.24, 2.45) is 0 Å². The summed E-state index contributed by atoms with van der Waals surface area (Å²) in [6.45, 7) is 2.12. The van der Waals surface area contributed by atoms with Crippen molar-refractivity contribution in [3.05, 3.63) is 52.9 Å². The Morgan fingerprint density at radius 2 is 1.92 bits per heavy atom. The van der Waals surface area contributed by atoms with Gasteiger partial charge in [-0.1, -0.05) is 31.5 Å². The topological polar surface area (TPSA) is 47.6 Å². The van der Waals surface area contributed by atoms with Gasteiger partial charge in [-0.15, -0.1) is 11.3 Å². The van der Waals surface area contributed by atoms with E-state index in [0.29, 0.717) is 17.2 Å². The summed E-state index contributed by atoms with van der Waals surface area (Å²) in [4.78, 5) is 13.7. The molecule has 0 saturated carbocycles. The molecule has 0 aliphatic heterocycles. The Morgan fingerprint density at radius 3 is 2.64 bits per heavy atom. The van der Waals surface area contributed by atoms with E-state index < -0.39 is 0 Å². The quantitative estimate of drug-likeness (QED) is 0.667. The molecule has 1 N–H and O–H groups in total. The highest BCUT2D eigenvalue weighted by atomic mass is 32.1. The zero-order chi connectivity index (χ0) is 17.8. The first kappa shape index (κ1) is 17.3. The van der Waals surface area contributed by atoms with E-state index in [1.165, 1.54) is 11.3 Å². The molecule has 0 aliphatic carbocycles. The molecule has 0 unspecified atom stereocenters. The fraction of sp³-hybridized carbons (Fsp3) is 0.250. The lowest BCUT2D eigenvalue weighted by atomic mass is 10.1. The number of hydrogen-bond donors (Lipinski definition) is 1. The van der Waals surface area contributed by atoms with Gasteiger partial charge in [-0.05, 0) is 35.6 Å². The van der Waals surface area contributed by atoms with Gasteiger partial charge in [-0.25, -0.2) is 0 Å². The lowest BCUT2D eigenvalue weighted by Crippen LogP contribution is -2.13. The SMILES string of the molecule is CCCc1c(C(=O)Nc2cc(OC)ccc2OC)sc2ccccc12. The van der Waals surface area contributed by atoms with E-state index in [-0.39, 0.29) is 5.91 Å². The molecule has 2 aromatic carbocycles. The lowest BCUT2D eigenvalue weighted by molar-refractivity contribution is 0.102. The van der Waals surface area contributed by atoms with Gasteiger partial charge in [0.05, 0.1) is 24.8 Å². The predicted molar refractivity (Wildman–Crippen MR) is 103 cm³/mol. The van der Waals surface area contributed by atoms with Crippen LogP contribution in [0.4, 0.5) is 5.69 Å². The van der Waals surface area contributed by atoms with Crippen LogP contribution in [0.2, 0.25) is 0 Å². The number of benzene rings is 2. The summed E-state index contributed by atoms with van der Waals surface area (Å²) in [5.41, 5.74) is 1.72. The summed E-state index contributed by atoms with van der Waals surface area (Å²) in [6.07, 6.45) is 1.87. The van der Waals surface area contributed by atoms with Crippen molar-refractivity contribution in [2.75, 3.05) is 19.5 Å². The standard InChI is InChI=1S/C20H21NO3S/c1-4-7-15-14-8-5-6-9-18(14)25-19(15)20(22)21-16-12-13(23-2)10-11-17(16)24-3/h5-6,8-12H,4,7H2,1-3H3,(H,21,22). The van der Waals surface area contributed by atoms with Crippen molar-refractivity contribution >= 4 is 33.0 Å². The Balaban J connectivity index is 1.99. The first-order valence-electron chi connectivity index (χ1n) is 8.21. The number of thiophene rings is 1. The number of fused-ring (bicyclic) bond motifs is 1. The highest BCUT2D eigenvalue weighted by molar-refractivity contribution is 7.21. The number of ether oxygens (including phenoxy) is 2. The highest BCUT2D eigenvalue weighted by Gasteiger charge is 2.19. The zero-order valence-electron chi connectivity index (χ0n) is 14.6. The van der Waals surface area contributed by atoms with Gasteiger partial charge in [-0.3, -0.25) is 4.79 Å². The van der Waals surface area contributed by atoms with Crippen LogP contribution in [-0.4, -0.2) is 20.1 Å². The number of rotatable bonds is 6. The van der Waals surface area contributed by atoms with Crippen LogP contribution in [0.25, 0.3) is 10.1 Å². The summed E-state index contributed by atoms with van der Waals surface area (Å²) in [5, 5.41) is 4.14. The van der Waals surface area contributed by atoms with Crippen molar-refractivity contribution in [3.8, 4) is 11.5 Å². The maximum Gasteiger partial charge on any atom is 0.266 e. The monoisotopic (exact) mass is 355 g/mol. The molecule has 25 heavy (non-hydrogen) atoms. The predicted octanol–water partition coefficient (Wildman–Crippen LogP) is 5.12. The number of methoxy groups -OCH3 is 2. The second-order valence-electron chi connectivity index (χ2n) is 5.68. The summed E-state index contributed by atoms with van der Waals surface area (Å²) in [6, 6.07) is 13.5. The molecular weight excluding hydrogens is 334 g/mol. The molecule has 4 nitrogen and oxygen atoms in total. The van der Waals surface area contributed by atoms with E-state index in [2.05, 4.69) is 24.4 Å². The Labute approximate surface area is 151 Å². The van der Waals surface area contributed by atoms with E-state index >= 15 is 0 Å². The van der Waals surface area contributed by atoms with Crippen molar-refractivity contribution in [3.63, 3.8) is 0 Å². The van der Waals surface area contributed by atoms with Gasteiger partial charge in [0.25, 0.3) is 5.91 Å². The fourth-order valence-electron chi connectivity index (χ4n) is 2.87. The molecule has 3 rings (SSSR count). The molecule has 0 fully saturated rings. The van der Waals surface area contributed by atoms with Crippen LogP contribution in [0.3, 0.4) is 0 Å². The minimum Gasteiger partial charge on any atom is -0.497 e. The second-order valence-corrected chi connectivity index (χ2v) is 6.73. The average Bonchev–Trinajstić information content (AvgIpc) is 3.01. The number of carbonyl (C=O) groups is 1. The molecule has 0 saturated heterocycles. The largest absolute Gasteiger partial charge is 0.497 e. The Morgan fingerprint density at radius 1 is 1.12 bits per heavy atom. The van der Waals surface area contributed by atoms with Gasteiger partial charge in [0.15, 0.2) is 0 Å². The Bertz CT molecular complexity index is 901. The summed E-state index contributed by atoms with van der Waals surface area (Å²) < 4.78 is 11.7. The first-order chi connectivity index (χ1) is 12.2. The lowest BCUT2D eigenvalue weighted by Gasteiger charge is -2.12. The second kappa shape index (κ2) is 7.57. The third-order valence-corrected chi connectivity index (χ3v) is 5.27. The van der Waals surface area contributed by atoms with Crippen LogP contribution in [0.5, 0.6) is 11.5 Å². The van der Waals surface area contributed by atoms with Crippen LogP contribution < -0.4 is 14.8 Å². The van der Waals surface area contributed by atoms with Crippen molar-refractivity contribution < 1.29 is 14.3 Å². The number of amides is 1. The fourth-order valence-corrected chi connectivity index (χ4v) is 4.02. The van der Waals surface area contributed by atoms with Crippen LogP contribution in [0.1, 0.15) is 28.6 Å². The molecule has 130 valence electrons. The Kier molecular flexibility index (Phi) is 5.24. The molecule has 1 heterocycles. The molecule has 1 aromatic heterocycles. The molecule has 0 radical (unpaired) electrons. The molecule has 5 heteroatoms. The zero-order valence-corrected chi connectivity index (χ0v) is 15.4. The van der Waals surface area contributed by atoms with Gasteiger partial charge >= 0.3 is 0 Å². The van der Waals surface area contributed by atoms with Gasteiger partial charge in [0.1, 0.15) is 11.5 Å². The molecule has 0 spiro atoms. The number of nitrogens with one attached hydrogen (secondary N) is 1. The van der Waals surface area contributed by atoms with Gasteiger partial charge in [-0.2, -0.15) is 0 Å². The van der Waals surface area contributed by atoms with Crippen LogP contribution in [0, 0.1) is 0 Å². The van der Waals surface area contributed by atoms with Crippen molar-refractivity contribution in [1.82, 2.24) is 0 Å². The summed E-state index contributed by atoms with van der Waals surface area (Å²) in [7, 11) is 3.18. The summed E-state index contributed by atoms with van der Waals surface area (Å²) >= 11 is 1.53. The van der Waals surface area contributed by atoms with E-state index in [0.717, 1.165) is 33.4 Å².